The van der Waals surface area contributed by atoms with Crippen LogP contribution >= 0.6 is 0 Å². The molecule has 0 aliphatic carbocycles. The van der Waals surface area contributed by atoms with Crippen LogP contribution in [0.5, 0.6) is 5.75 Å². The van der Waals surface area contributed by atoms with Crippen LogP contribution in [-0.4, -0.2) is 34.2 Å². The molecule has 0 amide bonds. The van der Waals surface area contributed by atoms with Gasteiger partial charge >= 0.3 is 0 Å². The molecule has 5 rings (SSSR count). The fraction of sp³-hybridized carbons (Fsp3) is 0.333. The Bertz CT molecular complexity index is 1040. The third-order valence-corrected chi connectivity index (χ3v) is 5.38. The van der Waals surface area contributed by atoms with Crippen molar-refractivity contribution < 1.29 is 13.9 Å². The van der Waals surface area contributed by atoms with Crippen LogP contribution in [0.25, 0.3) is 11.1 Å². The van der Waals surface area contributed by atoms with Crippen molar-refractivity contribution in [1.82, 2.24) is 14.4 Å². The molecule has 6 heteroatoms. The second kappa shape index (κ2) is 6.78. The Morgan fingerprint density at radius 3 is 2.96 bits per heavy atom. The number of hydrogen-bond donors (Lipinski definition) is 0. The number of imidazole rings is 1. The van der Waals surface area contributed by atoms with E-state index in [-0.39, 0.29) is 5.82 Å². The first-order valence-corrected chi connectivity index (χ1v) is 9.31. The van der Waals surface area contributed by atoms with Gasteiger partial charge in [0, 0.05) is 30.2 Å². The molecule has 4 heterocycles. The van der Waals surface area contributed by atoms with E-state index in [1.54, 1.807) is 12.4 Å². The highest BCUT2D eigenvalue weighted by molar-refractivity contribution is 5.77. The van der Waals surface area contributed by atoms with Crippen LogP contribution in [0.15, 0.2) is 36.9 Å². The molecule has 0 atom stereocenters. The summed E-state index contributed by atoms with van der Waals surface area (Å²) in [6.45, 7) is 2.00. The van der Waals surface area contributed by atoms with E-state index in [0.29, 0.717) is 26.1 Å². The third-order valence-electron chi connectivity index (χ3n) is 5.38. The van der Waals surface area contributed by atoms with Gasteiger partial charge in [-0.05, 0) is 36.1 Å². The first-order chi connectivity index (χ1) is 13.3. The van der Waals surface area contributed by atoms with E-state index in [1.807, 2.05) is 16.8 Å². The molecule has 5 nitrogen and oxygen atoms in total. The fourth-order valence-corrected chi connectivity index (χ4v) is 3.99. The lowest BCUT2D eigenvalue weighted by molar-refractivity contribution is 0.161. The molecule has 0 unspecified atom stereocenters. The third kappa shape index (κ3) is 2.90. The van der Waals surface area contributed by atoms with Crippen molar-refractivity contribution in [3.05, 3.63) is 65.3 Å². The number of hydrogen-bond acceptors (Lipinski definition) is 4. The zero-order chi connectivity index (χ0) is 18.2. The summed E-state index contributed by atoms with van der Waals surface area (Å²) in [7, 11) is 0. The van der Waals surface area contributed by atoms with E-state index in [2.05, 4.69) is 16.0 Å². The minimum absolute atomic E-state index is 0.162. The number of rotatable bonds is 4. The highest BCUT2D eigenvalue weighted by Crippen LogP contribution is 2.31. The van der Waals surface area contributed by atoms with E-state index < -0.39 is 0 Å². The Balaban J connectivity index is 1.46. The van der Waals surface area contributed by atoms with Crippen molar-refractivity contribution in [2.24, 2.45) is 0 Å². The van der Waals surface area contributed by atoms with Crippen molar-refractivity contribution in [3.63, 3.8) is 0 Å². The first-order valence-electron chi connectivity index (χ1n) is 9.31. The van der Waals surface area contributed by atoms with Gasteiger partial charge in [0.1, 0.15) is 23.7 Å². The maximum atomic E-state index is 14.4. The molecule has 3 aromatic rings. The lowest BCUT2D eigenvalue weighted by atomic mass is 9.99. The summed E-state index contributed by atoms with van der Waals surface area (Å²) < 4.78 is 27.4. The summed E-state index contributed by atoms with van der Waals surface area (Å²) >= 11 is 0. The summed E-state index contributed by atoms with van der Waals surface area (Å²) in [5.74, 6) is 1.54. The second-order valence-corrected chi connectivity index (χ2v) is 6.89. The molecule has 0 saturated carbocycles. The number of fused-ring (bicyclic) bond motifs is 2. The second-order valence-electron chi connectivity index (χ2n) is 6.89. The van der Waals surface area contributed by atoms with E-state index in [1.165, 1.54) is 11.6 Å². The van der Waals surface area contributed by atoms with Gasteiger partial charge in [-0.3, -0.25) is 4.40 Å². The topological polar surface area (TPSA) is 48.7 Å². The quantitative estimate of drug-likeness (QED) is 0.711. The van der Waals surface area contributed by atoms with Gasteiger partial charge in [-0.15, -0.1) is 0 Å². The van der Waals surface area contributed by atoms with Gasteiger partial charge in [-0.25, -0.2) is 14.4 Å². The maximum absolute atomic E-state index is 14.4. The van der Waals surface area contributed by atoms with Gasteiger partial charge in [0.15, 0.2) is 0 Å². The largest absolute Gasteiger partial charge is 0.493 e. The SMILES string of the molecule is Fc1ccc2c(c1CCc1ncc(C3=CCOCC3)c3cncn13)CCO2. The van der Waals surface area contributed by atoms with Gasteiger partial charge in [-0.1, -0.05) is 6.08 Å². The smallest absolute Gasteiger partial charge is 0.126 e. The summed E-state index contributed by atoms with van der Waals surface area (Å²) in [6.07, 6.45) is 10.6. The van der Waals surface area contributed by atoms with E-state index in [9.17, 15) is 4.39 Å². The Kier molecular flexibility index (Phi) is 4.13. The Labute approximate surface area is 156 Å². The van der Waals surface area contributed by atoms with Crippen molar-refractivity contribution >= 4 is 11.1 Å². The summed E-state index contributed by atoms with van der Waals surface area (Å²) in [5.41, 5.74) is 5.13. The molecule has 0 spiro atoms. The van der Waals surface area contributed by atoms with Gasteiger partial charge in [0.2, 0.25) is 0 Å². The minimum atomic E-state index is -0.162. The van der Waals surface area contributed by atoms with Crippen molar-refractivity contribution in [3.8, 4) is 5.75 Å². The standard InChI is InChI=1S/C21H20FN3O2/c22-18-2-3-20-16(7-10-27-20)15(18)1-4-21-24-11-17(14-5-8-26-9-6-14)19-12-23-13-25(19)21/h2-3,5,11-13H,1,4,6-10H2. The molecular weight excluding hydrogens is 345 g/mol. The molecule has 138 valence electrons. The Hall–Kier alpha value is -2.73. The van der Waals surface area contributed by atoms with Crippen molar-refractivity contribution in [2.45, 2.75) is 25.7 Å². The van der Waals surface area contributed by atoms with Crippen LogP contribution in [0.2, 0.25) is 0 Å². The van der Waals surface area contributed by atoms with Crippen molar-refractivity contribution in [2.75, 3.05) is 19.8 Å². The summed E-state index contributed by atoms with van der Waals surface area (Å²) in [5, 5.41) is 0. The molecule has 1 aromatic carbocycles. The maximum Gasteiger partial charge on any atom is 0.126 e. The Morgan fingerprint density at radius 1 is 1.11 bits per heavy atom. The number of aryl methyl sites for hydroxylation is 1. The highest BCUT2D eigenvalue weighted by Gasteiger charge is 2.20. The van der Waals surface area contributed by atoms with Crippen LogP contribution in [0.3, 0.4) is 0 Å². The average Bonchev–Trinajstić information content (AvgIpc) is 3.37. The Morgan fingerprint density at radius 2 is 2.07 bits per heavy atom. The number of aromatic nitrogens is 3. The number of ether oxygens (including phenoxy) is 2. The van der Waals surface area contributed by atoms with Crippen LogP contribution in [0.4, 0.5) is 4.39 Å². The number of halogens is 1. The molecule has 27 heavy (non-hydrogen) atoms. The fourth-order valence-electron chi connectivity index (χ4n) is 3.99. The van der Waals surface area contributed by atoms with Crippen LogP contribution in [0.1, 0.15) is 28.9 Å². The zero-order valence-electron chi connectivity index (χ0n) is 14.9. The lowest BCUT2D eigenvalue weighted by Gasteiger charge is -2.16. The predicted octanol–water partition coefficient (Wildman–Crippen LogP) is 3.39. The average molecular weight is 365 g/mol. The van der Waals surface area contributed by atoms with E-state index in [0.717, 1.165) is 53.2 Å². The minimum Gasteiger partial charge on any atom is -0.493 e. The number of nitrogens with zero attached hydrogens (tertiary/aromatic N) is 3. The predicted molar refractivity (Wildman–Crippen MR) is 99.4 cm³/mol. The number of benzene rings is 1. The highest BCUT2D eigenvalue weighted by atomic mass is 19.1. The van der Waals surface area contributed by atoms with Crippen LogP contribution in [0, 0.1) is 5.82 Å². The van der Waals surface area contributed by atoms with Gasteiger partial charge < -0.3 is 9.47 Å². The normalized spacial score (nSPS) is 16.3. The summed E-state index contributed by atoms with van der Waals surface area (Å²) in [6, 6.07) is 3.23. The summed E-state index contributed by atoms with van der Waals surface area (Å²) in [4.78, 5) is 9.00. The molecule has 0 bridgehead atoms. The zero-order valence-corrected chi connectivity index (χ0v) is 14.9. The van der Waals surface area contributed by atoms with Gasteiger partial charge in [-0.2, -0.15) is 0 Å². The molecule has 0 radical (unpaired) electrons. The first kappa shape index (κ1) is 16.4. The molecule has 2 aliphatic rings. The molecule has 0 saturated heterocycles. The van der Waals surface area contributed by atoms with E-state index >= 15 is 0 Å². The molecule has 2 aliphatic heterocycles. The van der Waals surface area contributed by atoms with Crippen LogP contribution in [-0.2, 0) is 24.0 Å². The molecule has 0 N–H and O–H groups in total. The van der Waals surface area contributed by atoms with Gasteiger partial charge in [0.25, 0.3) is 0 Å². The van der Waals surface area contributed by atoms with Crippen molar-refractivity contribution in [1.29, 1.82) is 0 Å². The molecule has 0 fully saturated rings. The van der Waals surface area contributed by atoms with E-state index in [4.69, 9.17) is 9.47 Å². The monoisotopic (exact) mass is 365 g/mol. The van der Waals surface area contributed by atoms with Crippen LogP contribution < -0.4 is 4.74 Å². The molecular formula is C21H20FN3O2. The molecule has 2 aromatic heterocycles. The van der Waals surface area contributed by atoms with Gasteiger partial charge in [0.05, 0.1) is 31.5 Å². The lowest BCUT2D eigenvalue weighted by Crippen LogP contribution is -2.08.